The van der Waals surface area contributed by atoms with E-state index in [-0.39, 0.29) is 19.1 Å². The van der Waals surface area contributed by atoms with E-state index in [9.17, 15) is 4.79 Å². The first-order chi connectivity index (χ1) is 9.11. The van der Waals surface area contributed by atoms with Crippen LogP contribution in [-0.2, 0) is 0 Å². The van der Waals surface area contributed by atoms with Crippen LogP contribution in [0, 0.1) is 6.92 Å². The molecule has 1 heterocycles. The Balaban J connectivity index is 2.26. The van der Waals surface area contributed by atoms with Crippen molar-refractivity contribution in [3.05, 3.63) is 46.2 Å². The van der Waals surface area contributed by atoms with E-state index in [1.54, 1.807) is 10.7 Å². The van der Waals surface area contributed by atoms with Gasteiger partial charge in [0.1, 0.15) is 0 Å². The molecule has 0 bridgehead atoms. The van der Waals surface area contributed by atoms with Crippen LogP contribution < -0.4 is 5.32 Å². The largest absolute Gasteiger partial charge is 0.395 e. The molecule has 2 N–H and O–H groups in total. The van der Waals surface area contributed by atoms with Crippen molar-refractivity contribution in [2.24, 2.45) is 0 Å². The Bertz CT molecular complexity index is 578. The summed E-state index contributed by atoms with van der Waals surface area (Å²) in [6.07, 6.45) is 0. The maximum Gasteiger partial charge on any atom is 0.271 e. The molecule has 0 aliphatic rings. The third kappa shape index (κ3) is 3.21. The summed E-state index contributed by atoms with van der Waals surface area (Å²) in [6.45, 7) is 2.03. The van der Waals surface area contributed by atoms with Gasteiger partial charge in [0.25, 0.3) is 5.91 Å². The molecule has 1 aromatic heterocycles. The van der Waals surface area contributed by atoms with E-state index in [0.717, 1.165) is 15.9 Å². The second-order valence-corrected chi connectivity index (χ2v) is 4.95. The number of benzene rings is 1. The number of aliphatic hydroxyl groups excluding tert-OH is 1. The first kappa shape index (κ1) is 13.8. The first-order valence-electron chi connectivity index (χ1n) is 5.83. The second kappa shape index (κ2) is 5.99. The van der Waals surface area contributed by atoms with Gasteiger partial charge in [-0.2, -0.15) is 5.10 Å². The van der Waals surface area contributed by atoms with E-state index < -0.39 is 0 Å². The Morgan fingerprint density at radius 3 is 2.74 bits per heavy atom. The van der Waals surface area contributed by atoms with Gasteiger partial charge in [-0.15, -0.1) is 0 Å². The summed E-state index contributed by atoms with van der Waals surface area (Å²) in [5.41, 5.74) is 2.10. The zero-order chi connectivity index (χ0) is 13.8. The van der Waals surface area contributed by atoms with Crippen molar-refractivity contribution < 1.29 is 9.90 Å². The smallest absolute Gasteiger partial charge is 0.271 e. The maximum atomic E-state index is 11.7. The lowest BCUT2D eigenvalue weighted by molar-refractivity contribution is 0.0939. The number of carbonyl (C=O) groups is 1. The number of aliphatic hydroxyl groups is 1. The zero-order valence-corrected chi connectivity index (χ0v) is 12.0. The standard InChI is InChI=1S/C13H14BrN3O2/c1-9-8-12(13(19)15-6-7-18)16-17(9)11-4-2-10(14)3-5-11/h2-5,8,18H,6-7H2,1H3,(H,15,19). The molecule has 2 rings (SSSR count). The molecule has 0 atom stereocenters. The molecular weight excluding hydrogens is 310 g/mol. The van der Waals surface area contributed by atoms with E-state index >= 15 is 0 Å². The molecule has 0 saturated carbocycles. The van der Waals surface area contributed by atoms with Gasteiger partial charge in [0.2, 0.25) is 0 Å². The average Bonchev–Trinajstić information content (AvgIpc) is 2.79. The van der Waals surface area contributed by atoms with Crippen molar-refractivity contribution in [3.63, 3.8) is 0 Å². The van der Waals surface area contributed by atoms with Crippen LogP contribution in [0.15, 0.2) is 34.8 Å². The van der Waals surface area contributed by atoms with Gasteiger partial charge in [-0.1, -0.05) is 15.9 Å². The van der Waals surface area contributed by atoms with Crippen LogP contribution in [0.3, 0.4) is 0 Å². The highest BCUT2D eigenvalue weighted by Gasteiger charge is 2.12. The quantitative estimate of drug-likeness (QED) is 0.899. The summed E-state index contributed by atoms with van der Waals surface area (Å²) < 4.78 is 2.70. The molecule has 1 amide bonds. The van der Waals surface area contributed by atoms with E-state index in [1.807, 2.05) is 31.2 Å². The highest BCUT2D eigenvalue weighted by Crippen LogP contribution is 2.16. The minimum absolute atomic E-state index is 0.0852. The number of carbonyl (C=O) groups excluding carboxylic acids is 1. The van der Waals surface area contributed by atoms with Gasteiger partial charge in [0.05, 0.1) is 12.3 Å². The number of rotatable bonds is 4. The van der Waals surface area contributed by atoms with Gasteiger partial charge in [-0.05, 0) is 37.3 Å². The average molecular weight is 324 g/mol. The van der Waals surface area contributed by atoms with E-state index in [0.29, 0.717) is 5.69 Å². The van der Waals surface area contributed by atoms with Crippen molar-refractivity contribution in [1.29, 1.82) is 0 Å². The lowest BCUT2D eigenvalue weighted by Crippen LogP contribution is -2.26. The normalized spacial score (nSPS) is 10.5. The third-order valence-electron chi connectivity index (χ3n) is 2.59. The summed E-state index contributed by atoms with van der Waals surface area (Å²) in [4.78, 5) is 11.7. The summed E-state index contributed by atoms with van der Waals surface area (Å²) in [7, 11) is 0. The van der Waals surface area contributed by atoms with Crippen molar-refractivity contribution in [3.8, 4) is 5.69 Å². The Labute approximate surface area is 119 Å². The predicted molar refractivity (Wildman–Crippen MR) is 75.4 cm³/mol. The fourth-order valence-corrected chi connectivity index (χ4v) is 1.95. The summed E-state index contributed by atoms with van der Waals surface area (Å²) in [5, 5.41) is 15.5. The van der Waals surface area contributed by atoms with Crippen LogP contribution in [0.5, 0.6) is 0 Å². The summed E-state index contributed by atoms with van der Waals surface area (Å²) >= 11 is 3.38. The minimum atomic E-state index is -0.284. The predicted octanol–water partition coefficient (Wildman–Crippen LogP) is 1.67. The van der Waals surface area contributed by atoms with E-state index in [1.165, 1.54) is 0 Å². The van der Waals surface area contributed by atoms with E-state index in [2.05, 4.69) is 26.3 Å². The molecule has 2 aromatic rings. The molecule has 19 heavy (non-hydrogen) atoms. The number of aryl methyl sites for hydroxylation is 1. The van der Waals surface area contributed by atoms with Crippen LogP contribution in [0.4, 0.5) is 0 Å². The van der Waals surface area contributed by atoms with Gasteiger partial charge < -0.3 is 10.4 Å². The van der Waals surface area contributed by atoms with Gasteiger partial charge in [-0.25, -0.2) is 4.68 Å². The fourth-order valence-electron chi connectivity index (χ4n) is 1.69. The van der Waals surface area contributed by atoms with Gasteiger partial charge in [0, 0.05) is 16.7 Å². The zero-order valence-electron chi connectivity index (χ0n) is 10.4. The van der Waals surface area contributed by atoms with Crippen molar-refractivity contribution >= 4 is 21.8 Å². The highest BCUT2D eigenvalue weighted by atomic mass is 79.9. The molecule has 0 aliphatic heterocycles. The number of aromatic nitrogens is 2. The SMILES string of the molecule is Cc1cc(C(=O)NCCO)nn1-c1ccc(Br)cc1. The van der Waals surface area contributed by atoms with Gasteiger partial charge >= 0.3 is 0 Å². The maximum absolute atomic E-state index is 11.7. The van der Waals surface area contributed by atoms with Crippen LogP contribution >= 0.6 is 15.9 Å². The summed E-state index contributed by atoms with van der Waals surface area (Å²) in [6, 6.07) is 9.39. The lowest BCUT2D eigenvalue weighted by Gasteiger charge is -2.04. The van der Waals surface area contributed by atoms with E-state index in [4.69, 9.17) is 5.11 Å². The highest BCUT2D eigenvalue weighted by molar-refractivity contribution is 9.10. The van der Waals surface area contributed by atoms with Gasteiger partial charge in [0.15, 0.2) is 5.69 Å². The summed E-state index contributed by atoms with van der Waals surface area (Å²) in [5.74, 6) is -0.284. The monoisotopic (exact) mass is 323 g/mol. The molecule has 1 aromatic carbocycles. The Morgan fingerprint density at radius 2 is 2.11 bits per heavy atom. The lowest BCUT2D eigenvalue weighted by atomic mass is 10.3. The number of nitrogens with zero attached hydrogens (tertiary/aromatic N) is 2. The molecular formula is C13H14BrN3O2. The molecule has 6 heteroatoms. The number of nitrogens with one attached hydrogen (secondary N) is 1. The van der Waals surface area contributed by atoms with Crippen molar-refractivity contribution in [2.45, 2.75) is 6.92 Å². The number of hydrogen-bond acceptors (Lipinski definition) is 3. The first-order valence-corrected chi connectivity index (χ1v) is 6.63. The molecule has 5 nitrogen and oxygen atoms in total. The van der Waals surface area contributed by atoms with Crippen LogP contribution in [0.25, 0.3) is 5.69 Å². The minimum Gasteiger partial charge on any atom is -0.395 e. The number of halogens is 1. The molecule has 0 radical (unpaired) electrons. The molecule has 0 fully saturated rings. The molecule has 0 saturated heterocycles. The van der Waals surface area contributed by atoms with Crippen LogP contribution in [-0.4, -0.2) is 33.9 Å². The number of hydrogen-bond donors (Lipinski definition) is 2. The number of amides is 1. The Kier molecular flexibility index (Phi) is 4.34. The Morgan fingerprint density at radius 1 is 1.42 bits per heavy atom. The van der Waals surface area contributed by atoms with Crippen LogP contribution in [0.1, 0.15) is 16.2 Å². The van der Waals surface area contributed by atoms with Gasteiger partial charge in [-0.3, -0.25) is 4.79 Å². The van der Waals surface area contributed by atoms with Crippen molar-refractivity contribution in [2.75, 3.05) is 13.2 Å². The molecule has 0 unspecified atom stereocenters. The molecule has 0 aliphatic carbocycles. The fraction of sp³-hybridized carbons (Fsp3) is 0.231. The topological polar surface area (TPSA) is 67.2 Å². The molecule has 100 valence electrons. The third-order valence-corrected chi connectivity index (χ3v) is 3.12. The van der Waals surface area contributed by atoms with Crippen molar-refractivity contribution in [1.82, 2.24) is 15.1 Å². The van der Waals surface area contributed by atoms with Crippen LogP contribution in [0.2, 0.25) is 0 Å². The molecule has 0 spiro atoms. The Hall–Kier alpha value is -1.66. The second-order valence-electron chi connectivity index (χ2n) is 4.04.